The lowest BCUT2D eigenvalue weighted by Gasteiger charge is -2.13. The average molecular weight is 385 g/mol. The maximum Gasteiger partial charge on any atom is 0.250 e. The summed E-state index contributed by atoms with van der Waals surface area (Å²) in [6.45, 7) is 4.02. The molecule has 134 valence electrons. The van der Waals surface area contributed by atoms with Crippen LogP contribution in [0.15, 0.2) is 54.6 Å². The molecule has 0 heterocycles. The number of hydrogen-bond donors (Lipinski definition) is 4. The van der Waals surface area contributed by atoms with Gasteiger partial charge in [-0.25, -0.2) is 0 Å². The molecule has 4 N–H and O–H groups in total. The predicted octanol–water partition coefficient (Wildman–Crippen LogP) is 3.21. The van der Waals surface area contributed by atoms with Gasteiger partial charge in [0, 0.05) is 11.8 Å². The van der Waals surface area contributed by atoms with E-state index < -0.39 is 0 Å². The zero-order valence-electron chi connectivity index (χ0n) is 14.5. The summed E-state index contributed by atoms with van der Waals surface area (Å²) >= 11 is 10.2. The number of hydrogen-bond acceptors (Lipinski definition) is 3. The van der Waals surface area contributed by atoms with Crippen molar-refractivity contribution in [2.75, 3.05) is 5.32 Å². The fourth-order valence-corrected chi connectivity index (χ4v) is 2.27. The summed E-state index contributed by atoms with van der Waals surface area (Å²) in [5.41, 5.74) is 9.50. The van der Waals surface area contributed by atoms with E-state index in [9.17, 15) is 4.79 Å². The molecule has 2 aromatic carbocycles. The van der Waals surface area contributed by atoms with Crippen LogP contribution in [0.25, 0.3) is 6.08 Å². The van der Waals surface area contributed by atoms with E-state index in [1.54, 1.807) is 6.08 Å². The molecular formula is C19H20N4OS2. The first-order valence-electron chi connectivity index (χ1n) is 7.92. The summed E-state index contributed by atoms with van der Waals surface area (Å²) < 4.78 is 0. The Labute approximate surface area is 163 Å². The number of carbonyl (C=O) groups is 1. The minimum Gasteiger partial charge on any atom is -0.331 e. The molecule has 2 rings (SSSR count). The first kappa shape index (κ1) is 19.6. The molecular weight excluding hydrogens is 364 g/mol. The highest BCUT2D eigenvalue weighted by molar-refractivity contribution is 7.80. The van der Waals surface area contributed by atoms with Crippen molar-refractivity contribution >= 4 is 52.3 Å². The van der Waals surface area contributed by atoms with Gasteiger partial charge in [-0.1, -0.05) is 47.5 Å². The van der Waals surface area contributed by atoms with Crippen LogP contribution in [-0.4, -0.2) is 16.1 Å². The summed E-state index contributed by atoms with van der Waals surface area (Å²) in [4.78, 5) is 11.9. The highest BCUT2D eigenvalue weighted by Crippen LogP contribution is 2.08. The van der Waals surface area contributed by atoms with Gasteiger partial charge >= 0.3 is 0 Å². The van der Waals surface area contributed by atoms with E-state index in [4.69, 9.17) is 24.4 Å². The third-order valence-corrected chi connectivity index (χ3v) is 3.75. The van der Waals surface area contributed by atoms with Crippen molar-refractivity contribution in [1.82, 2.24) is 16.2 Å². The van der Waals surface area contributed by atoms with Crippen LogP contribution in [0.1, 0.15) is 16.7 Å². The quantitative estimate of drug-likeness (QED) is 0.370. The van der Waals surface area contributed by atoms with E-state index in [0.29, 0.717) is 5.11 Å². The lowest BCUT2D eigenvalue weighted by molar-refractivity contribution is -0.115. The Morgan fingerprint density at radius 1 is 0.846 bits per heavy atom. The fourth-order valence-electron chi connectivity index (χ4n) is 1.95. The van der Waals surface area contributed by atoms with E-state index in [1.807, 2.05) is 62.4 Å². The van der Waals surface area contributed by atoms with E-state index in [0.717, 1.165) is 16.8 Å². The molecule has 0 spiro atoms. The van der Waals surface area contributed by atoms with Crippen LogP contribution >= 0.6 is 24.4 Å². The van der Waals surface area contributed by atoms with Crippen LogP contribution in [0.2, 0.25) is 0 Å². The van der Waals surface area contributed by atoms with Crippen molar-refractivity contribution in [2.24, 2.45) is 0 Å². The number of rotatable bonds is 3. The van der Waals surface area contributed by atoms with Gasteiger partial charge in [-0.15, -0.1) is 0 Å². The molecule has 0 radical (unpaired) electrons. The molecule has 0 aliphatic rings. The van der Waals surface area contributed by atoms with Crippen molar-refractivity contribution in [1.29, 1.82) is 0 Å². The van der Waals surface area contributed by atoms with E-state index in [2.05, 4.69) is 21.5 Å². The second kappa shape index (κ2) is 9.65. The molecule has 0 bridgehead atoms. The highest BCUT2D eigenvalue weighted by Gasteiger charge is 2.02. The van der Waals surface area contributed by atoms with Crippen molar-refractivity contribution in [2.45, 2.75) is 13.8 Å². The lowest BCUT2D eigenvalue weighted by atomic mass is 10.1. The number of amides is 1. The van der Waals surface area contributed by atoms with Gasteiger partial charge in [0.05, 0.1) is 0 Å². The van der Waals surface area contributed by atoms with Gasteiger partial charge in [0.15, 0.2) is 10.2 Å². The lowest BCUT2D eigenvalue weighted by Crippen LogP contribution is -2.49. The third-order valence-electron chi connectivity index (χ3n) is 3.34. The summed E-state index contributed by atoms with van der Waals surface area (Å²) in [7, 11) is 0. The smallest absolute Gasteiger partial charge is 0.250 e. The average Bonchev–Trinajstić information content (AvgIpc) is 2.61. The summed E-state index contributed by atoms with van der Waals surface area (Å²) in [6, 6.07) is 15.6. The SMILES string of the molecule is Cc1ccc(/C=C/C(=O)NC(=S)NNC(=S)Nc2ccc(C)cc2)cc1. The molecule has 0 saturated carbocycles. The van der Waals surface area contributed by atoms with Gasteiger partial charge in [0.25, 0.3) is 0 Å². The molecule has 0 saturated heterocycles. The summed E-state index contributed by atoms with van der Waals surface area (Å²) in [5.74, 6) is -0.331. The first-order chi connectivity index (χ1) is 12.4. The molecule has 0 fully saturated rings. The molecule has 1 amide bonds. The monoisotopic (exact) mass is 384 g/mol. The van der Waals surface area contributed by atoms with Crippen LogP contribution in [0, 0.1) is 13.8 Å². The van der Waals surface area contributed by atoms with Crippen LogP contribution in [0.4, 0.5) is 5.69 Å². The second-order valence-corrected chi connectivity index (χ2v) is 6.45. The summed E-state index contributed by atoms with van der Waals surface area (Å²) in [6.07, 6.45) is 3.13. The van der Waals surface area contributed by atoms with Gasteiger partial charge in [0.1, 0.15) is 0 Å². The standard InChI is InChI=1S/C19H20N4OS2/c1-13-3-7-15(8-4-13)9-12-17(24)21-19(26)23-22-18(25)20-16-10-5-14(2)6-11-16/h3-12H,1-2H3,(H2,20,22,25)(H2,21,23,24,26)/b12-9+. The zero-order valence-corrected chi connectivity index (χ0v) is 16.1. The highest BCUT2D eigenvalue weighted by atomic mass is 32.1. The number of carbonyl (C=O) groups excluding carboxylic acids is 1. The van der Waals surface area contributed by atoms with Gasteiger partial charge in [-0.05, 0) is 62.1 Å². The van der Waals surface area contributed by atoms with Gasteiger partial charge in [0.2, 0.25) is 5.91 Å². The molecule has 7 heteroatoms. The topological polar surface area (TPSA) is 65.2 Å². The molecule has 0 aliphatic heterocycles. The molecule has 0 unspecified atom stereocenters. The second-order valence-electron chi connectivity index (χ2n) is 5.63. The Hall–Kier alpha value is -2.77. The Bertz CT molecular complexity index is 814. The summed E-state index contributed by atoms with van der Waals surface area (Å²) in [5, 5.41) is 5.99. The molecule has 2 aromatic rings. The molecule has 26 heavy (non-hydrogen) atoms. The number of anilines is 1. The van der Waals surface area contributed by atoms with Gasteiger partial charge < -0.3 is 5.32 Å². The normalized spacial score (nSPS) is 10.2. The van der Waals surface area contributed by atoms with E-state index in [1.165, 1.54) is 11.6 Å². The number of benzene rings is 2. The number of thiocarbonyl (C=S) groups is 2. The maximum absolute atomic E-state index is 11.9. The third kappa shape index (κ3) is 7.00. The fraction of sp³-hybridized carbons (Fsp3) is 0.105. The van der Waals surface area contributed by atoms with E-state index >= 15 is 0 Å². The first-order valence-corrected chi connectivity index (χ1v) is 8.73. The van der Waals surface area contributed by atoms with Crippen molar-refractivity contribution in [3.63, 3.8) is 0 Å². The minimum absolute atomic E-state index is 0.122. The van der Waals surface area contributed by atoms with Gasteiger partial charge in [-0.2, -0.15) is 0 Å². The number of aryl methyl sites for hydroxylation is 2. The predicted molar refractivity (Wildman–Crippen MR) is 115 cm³/mol. The number of hydrazine groups is 1. The van der Waals surface area contributed by atoms with Crippen molar-refractivity contribution in [3.8, 4) is 0 Å². The van der Waals surface area contributed by atoms with Crippen LogP contribution < -0.4 is 21.5 Å². The van der Waals surface area contributed by atoms with Crippen molar-refractivity contribution < 1.29 is 4.79 Å². The Morgan fingerprint density at radius 3 is 2.00 bits per heavy atom. The van der Waals surface area contributed by atoms with Gasteiger partial charge in [-0.3, -0.25) is 21.0 Å². The molecule has 0 aliphatic carbocycles. The Kier molecular flexibility index (Phi) is 7.25. The molecule has 0 aromatic heterocycles. The zero-order chi connectivity index (χ0) is 18.9. The van der Waals surface area contributed by atoms with E-state index in [-0.39, 0.29) is 11.0 Å². The van der Waals surface area contributed by atoms with Crippen LogP contribution in [0.5, 0.6) is 0 Å². The Morgan fingerprint density at radius 2 is 1.38 bits per heavy atom. The minimum atomic E-state index is -0.331. The van der Waals surface area contributed by atoms with Crippen LogP contribution in [0.3, 0.4) is 0 Å². The maximum atomic E-state index is 11.9. The molecule has 0 atom stereocenters. The number of nitrogens with one attached hydrogen (secondary N) is 4. The molecule has 5 nitrogen and oxygen atoms in total. The Balaban J connectivity index is 1.73. The largest absolute Gasteiger partial charge is 0.331 e. The van der Waals surface area contributed by atoms with Crippen molar-refractivity contribution in [3.05, 3.63) is 71.3 Å². The van der Waals surface area contributed by atoms with Crippen LogP contribution in [-0.2, 0) is 4.79 Å².